The monoisotopic (exact) mass is 318 g/mol. The lowest BCUT2D eigenvalue weighted by Gasteiger charge is -2.26. The van der Waals surface area contributed by atoms with Crippen molar-refractivity contribution in [2.45, 2.75) is 19.1 Å². The number of aromatic hydroxyl groups is 1. The zero-order chi connectivity index (χ0) is 16.1. The summed E-state index contributed by atoms with van der Waals surface area (Å²) in [7, 11) is 0. The molecule has 1 aliphatic heterocycles. The maximum absolute atomic E-state index is 10.2. The van der Waals surface area contributed by atoms with E-state index in [0.717, 1.165) is 29.2 Å². The normalized spacial score (nSPS) is 17.8. The fourth-order valence-corrected chi connectivity index (χ4v) is 3.69. The van der Waals surface area contributed by atoms with Crippen LogP contribution in [0.5, 0.6) is 5.75 Å². The molecule has 1 aliphatic rings. The molecule has 3 heteroatoms. The van der Waals surface area contributed by atoms with Crippen molar-refractivity contribution in [3.05, 3.63) is 54.1 Å². The van der Waals surface area contributed by atoms with Crippen molar-refractivity contribution >= 4 is 32.3 Å². The summed E-state index contributed by atoms with van der Waals surface area (Å²) in [6, 6.07) is 16.4. The van der Waals surface area contributed by atoms with Crippen LogP contribution in [0.1, 0.15) is 12.0 Å². The van der Waals surface area contributed by atoms with Gasteiger partial charge < -0.3 is 14.6 Å². The lowest BCUT2D eigenvalue weighted by molar-refractivity contribution is -0.0966. The Balaban J connectivity index is 1.64. The van der Waals surface area contributed by atoms with E-state index in [1.165, 1.54) is 21.7 Å². The second kappa shape index (κ2) is 5.33. The molecule has 4 aromatic carbocycles. The molecule has 0 aliphatic carbocycles. The van der Waals surface area contributed by atoms with Gasteiger partial charge in [-0.05, 0) is 39.6 Å². The molecule has 0 saturated carbocycles. The molecule has 120 valence electrons. The zero-order valence-corrected chi connectivity index (χ0v) is 13.3. The number of rotatable bonds is 4. The SMILES string of the molecule is Oc1ccc2ccc3c(COCC4CCO4)ccc4ccc1c2c43. The van der Waals surface area contributed by atoms with Crippen LogP contribution >= 0.6 is 0 Å². The summed E-state index contributed by atoms with van der Waals surface area (Å²) in [6.45, 7) is 2.10. The van der Waals surface area contributed by atoms with Crippen molar-refractivity contribution in [3.8, 4) is 5.75 Å². The smallest absolute Gasteiger partial charge is 0.123 e. The lowest BCUT2D eigenvalue weighted by atomic mass is 9.92. The van der Waals surface area contributed by atoms with Gasteiger partial charge in [-0.3, -0.25) is 0 Å². The van der Waals surface area contributed by atoms with Gasteiger partial charge in [0.25, 0.3) is 0 Å². The molecule has 0 aromatic heterocycles. The van der Waals surface area contributed by atoms with Gasteiger partial charge in [-0.25, -0.2) is 0 Å². The maximum atomic E-state index is 10.2. The van der Waals surface area contributed by atoms with Crippen LogP contribution < -0.4 is 0 Å². The average Bonchev–Trinajstić information content (AvgIpc) is 2.57. The van der Waals surface area contributed by atoms with Crippen LogP contribution in [0.15, 0.2) is 48.5 Å². The van der Waals surface area contributed by atoms with Crippen LogP contribution in [0.4, 0.5) is 0 Å². The van der Waals surface area contributed by atoms with Gasteiger partial charge in [-0.15, -0.1) is 0 Å². The second-order valence-electron chi connectivity index (χ2n) is 6.53. The Labute approximate surface area is 139 Å². The number of ether oxygens (including phenoxy) is 2. The van der Waals surface area contributed by atoms with E-state index < -0.39 is 0 Å². The molecule has 1 atom stereocenters. The Morgan fingerprint density at radius 2 is 1.58 bits per heavy atom. The van der Waals surface area contributed by atoms with E-state index in [0.29, 0.717) is 19.0 Å². The molecule has 0 bridgehead atoms. The van der Waals surface area contributed by atoms with Crippen molar-refractivity contribution in [1.29, 1.82) is 0 Å². The number of hydrogen-bond donors (Lipinski definition) is 1. The minimum atomic E-state index is 0.265. The average molecular weight is 318 g/mol. The minimum Gasteiger partial charge on any atom is -0.507 e. The van der Waals surface area contributed by atoms with Gasteiger partial charge in [0.15, 0.2) is 0 Å². The molecular weight excluding hydrogens is 300 g/mol. The van der Waals surface area contributed by atoms with Gasteiger partial charge in [0, 0.05) is 17.4 Å². The topological polar surface area (TPSA) is 38.7 Å². The molecule has 1 fully saturated rings. The number of phenols is 1. The molecule has 3 nitrogen and oxygen atoms in total. The third kappa shape index (κ3) is 2.05. The van der Waals surface area contributed by atoms with E-state index in [2.05, 4.69) is 30.3 Å². The van der Waals surface area contributed by atoms with Crippen LogP contribution in [0, 0.1) is 0 Å². The summed E-state index contributed by atoms with van der Waals surface area (Å²) in [4.78, 5) is 0. The van der Waals surface area contributed by atoms with Gasteiger partial charge in [0.05, 0.1) is 19.3 Å². The van der Waals surface area contributed by atoms with E-state index in [1.54, 1.807) is 6.07 Å². The highest BCUT2D eigenvalue weighted by atomic mass is 16.5. The minimum absolute atomic E-state index is 0.265. The molecule has 24 heavy (non-hydrogen) atoms. The first-order valence-corrected chi connectivity index (χ1v) is 8.39. The number of benzene rings is 4. The Kier molecular flexibility index (Phi) is 3.12. The fraction of sp³-hybridized carbons (Fsp3) is 0.238. The van der Waals surface area contributed by atoms with Crippen molar-refractivity contribution in [2.75, 3.05) is 13.2 Å². The van der Waals surface area contributed by atoms with Gasteiger partial charge in [-0.2, -0.15) is 0 Å². The molecule has 0 radical (unpaired) electrons. The summed E-state index contributed by atoms with van der Waals surface area (Å²) in [5.41, 5.74) is 1.18. The quantitative estimate of drug-likeness (QED) is 0.559. The molecule has 5 rings (SSSR count). The summed E-state index contributed by atoms with van der Waals surface area (Å²) < 4.78 is 11.3. The molecule has 1 heterocycles. The lowest BCUT2D eigenvalue weighted by Crippen LogP contribution is -2.31. The summed E-state index contributed by atoms with van der Waals surface area (Å²) in [6.07, 6.45) is 1.36. The number of hydrogen-bond acceptors (Lipinski definition) is 3. The van der Waals surface area contributed by atoms with E-state index in [1.807, 2.05) is 12.1 Å². The molecular formula is C21H18O3. The van der Waals surface area contributed by atoms with E-state index in [9.17, 15) is 5.11 Å². The predicted molar refractivity (Wildman–Crippen MR) is 95.8 cm³/mol. The van der Waals surface area contributed by atoms with Crippen molar-refractivity contribution in [2.24, 2.45) is 0 Å². The second-order valence-corrected chi connectivity index (χ2v) is 6.53. The molecule has 0 spiro atoms. The summed E-state index contributed by atoms with van der Waals surface area (Å²) in [5, 5.41) is 17.0. The van der Waals surface area contributed by atoms with Crippen LogP contribution in [0.2, 0.25) is 0 Å². The van der Waals surface area contributed by atoms with Crippen LogP contribution in [-0.2, 0) is 16.1 Å². The Morgan fingerprint density at radius 1 is 0.917 bits per heavy atom. The van der Waals surface area contributed by atoms with Crippen molar-refractivity contribution < 1.29 is 14.6 Å². The van der Waals surface area contributed by atoms with Crippen molar-refractivity contribution in [1.82, 2.24) is 0 Å². The maximum Gasteiger partial charge on any atom is 0.123 e. The Hall–Kier alpha value is -2.36. The largest absolute Gasteiger partial charge is 0.507 e. The van der Waals surface area contributed by atoms with Gasteiger partial charge in [0.2, 0.25) is 0 Å². The van der Waals surface area contributed by atoms with Crippen molar-refractivity contribution in [3.63, 3.8) is 0 Å². The van der Waals surface area contributed by atoms with E-state index in [4.69, 9.17) is 9.47 Å². The molecule has 4 aromatic rings. The highest BCUT2D eigenvalue weighted by molar-refractivity contribution is 6.24. The highest BCUT2D eigenvalue weighted by Crippen LogP contribution is 2.39. The first kappa shape index (κ1) is 14.0. The third-order valence-electron chi connectivity index (χ3n) is 5.09. The third-order valence-corrected chi connectivity index (χ3v) is 5.09. The zero-order valence-electron chi connectivity index (χ0n) is 13.3. The molecule has 1 N–H and O–H groups in total. The van der Waals surface area contributed by atoms with Gasteiger partial charge >= 0.3 is 0 Å². The fourth-order valence-electron chi connectivity index (χ4n) is 3.69. The molecule has 1 unspecified atom stereocenters. The first-order valence-electron chi connectivity index (χ1n) is 8.39. The number of phenolic OH excluding ortho intramolecular Hbond substituents is 1. The van der Waals surface area contributed by atoms with Gasteiger partial charge in [-0.1, -0.05) is 42.5 Å². The Morgan fingerprint density at radius 3 is 2.33 bits per heavy atom. The van der Waals surface area contributed by atoms with E-state index >= 15 is 0 Å². The summed E-state index contributed by atoms with van der Waals surface area (Å²) >= 11 is 0. The summed E-state index contributed by atoms with van der Waals surface area (Å²) in [5.74, 6) is 0.334. The highest BCUT2D eigenvalue weighted by Gasteiger charge is 2.18. The van der Waals surface area contributed by atoms with Gasteiger partial charge in [0.1, 0.15) is 5.75 Å². The standard InChI is InChI=1S/C21H18O3/c22-19-8-5-14-3-6-17-15(11-23-12-16-9-10-24-16)2-1-13-4-7-18(19)21(14)20(13)17/h1-8,16,22H,9-12H2. The molecule has 0 amide bonds. The molecule has 1 saturated heterocycles. The van der Waals surface area contributed by atoms with E-state index in [-0.39, 0.29) is 6.10 Å². The first-order chi connectivity index (χ1) is 11.8. The Bertz CT molecular complexity index is 1030. The van der Waals surface area contributed by atoms with Crippen LogP contribution in [-0.4, -0.2) is 24.4 Å². The van der Waals surface area contributed by atoms with Crippen LogP contribution in [0.3, 0.4) is 0 Å². The van der Waals surface area contributed by atoms with Crippen LogP contribution in [0.25, 0.3) is 32.3 Å². The predicted octanol–water partition coefficient (Wildman–Crippen LogP) is 4.60.